The lowest BCUT2D eigenvalue weighted by atomic mass is 10.1. The Labute approximate surface area is 151 Å². The SMILES string of the molecule is O=C(Nc1cc(N2CCOCC2)ccc1C(=O)O)OCc1ccccc1. The molecule has 2 aromatic rings. The standard InChI is InChI=1S/C19H20N2O5/c22-18(23)16-7-6-15(21-8-10-25-11-9-21)12-17(16)20-19(24)26-13-14-4-2-1-3-5-14/h1-7,12H,8-11,13H2,(H,20,24)(H,22,23). The van der Waals surface area contributed by atoms with Crippen LogP contribution in [0.3, 0.4) is 0 Å². The van der Waals surface area contributed by atoms with Crippen molar-refractivity contribution < 1.29 is 24.2 Å². The normalized spacial score (nSPS) is 13.9. The maximum Gasteiger partial charge on any atom is 0.411 e. The third-order valence-corrected chi connectivity index (χ3v) is 4.06. The zero-order chi connectivity index (χ0) is 18.4. The van der Waals surface area contributed by atoms with Crippen LogP contribution in [-0.2, 0) is 16.1 Å². The number of hydrogen-bond acceptors (Lipinski definition) is 5. The van der Waals surface area contributed by atoms with Gasteiger partial charge in [-0.05, 0) is 23.8 Å². The van der Waals surface area contributed by atoms with Crippen LogP contribution in [0.2, 0.25) is 0 Å². The molecule has 7 nitrogen and oxygen atoms in total. The molecule has 0 saturated carbocycles. The van der Waals surface area contributed by atoms with Crippen LogP contribution in [-0.4, -0.2) is 43.5 Å². The summed E-state index contributed by atoms with van der Waals surface area (Å²) in [6, 6.07) is 14.1. The number of anilines is 2. The molecule has 0 aliphatic carbocycles. The van der Waals surface area contributed by atoms with E-state index < -0.39 is 12.1 Å². The van der Waals surface area contributed by atoms with Gasteiger partial charge in [0, 0.05) is 18.8 Å². The molecule has 1 heterocycles. The van der Waals surface area contributed by atoms with E-state index in [2.05, 4.69) is 10.2 Å². The zero-order valence-corrected chi connectivity index (χ0v) is 14.2. The number of morpholine rings is 1. The predicted octanol–water partition coefficient (Wildman–Crippen LogP) is 2.97. The summed E-state index contributed by atoms with van der Waals surface area (Å²) in [5, 5.41) is 11.9. The molecule has 7 heteroatoms. The highest BCUT2D eigenvalue weighted by atomic mass is 16.5. The number of amides is 1. The summed E-state index contributed by atoms with van der Waals surface area (Å²) in [7, 11) is 0. The molecule has 0 atom stereocenters. The van der Waals surface area contributed by atoms with Crippen molar-refractivity contribution >= 4 is 23.4 Å². The fourth-order valence-corrected chi connectivity index (χ4v) is 2.71. The van der Waals surface area contributed by atoms with E-state index in [1.54, 1.807) is 12.1 Å². The van der Waals surface area contributed by atoms with Crippen LogP contribution < -0.4 is 10.2 Å². The van der Waals surface area contributed by atoms with Crippen molar-refractivity contribution in [3.8, 4) is 0 Å². The van der Waals surface area contributed by atoms with Crippen molar-refractivity contribution in [3.63, 3.8) is 0 Å². The number of hydrogen-bond donors (Lipinski definition) is 2. The third-order valence-electron chi connectivity index (χ3n) is 4.06. The number of carbonyl (C=O) groups excluding carboxylic acids is 1. The number of aromatic carboxylic acids is 1. The average Bonchev–Trinajstić information content (AvgIpc) is 2.67. The zero-order valence-electron chi connectivity index (χ0n) is 14.2. The topological polar surface area (TPSA) is 88.1 Å². The Morgan fingerprint density at radius 3 is 2.54 bits per heavy atom. The molecule has 2 aromatic carbocycles. The van der Waals surface area contributed by atoms with Crippen LogP contribution in [0.1, 0.15) is 15.9 Å². The van der Waals surface area contributed by atoms with Gasteiger partial charge in [-0.1, -0.05) is 30.3 Å². The highest BCUT2D eigenvalue weighted by Gasteiger charge is 2.17. The van der Waals surface area contributed by atoms with E-state index in [-0.39, 0.29) is 17.9 Å². The first-order valence-electron chi connectivity index (χ1n) is 8.31. The van der Waals surface area contributed by atoms with Crippen LogP contribution in [0.25, 0.3) is 0 Å². The van der Waals surface area contributed by atoms with Gasteiger partial charge in [0.25, 0.3) is 0 Å². The molecule has 26 heavy (non-hydrogen) atoms. The van der Waals surface area contributed by atoms with E-state index in [1.165, 1.54) is 6.07 Å². The number of carbonyl (C=O) groups is 2. The molecule has 1 aliphatic rings. The Bertz CT molecular complexity index is 773. The predicted molar refractivity (Wildman–Crippen MR) is 96.7 cm³/mol. The van der Waals surface area contributed by atoms with Gasteiger partial charge in [-0.15, -0.1) is 0 Å². The van der Waals surface area contributed by atoms with Gasteiger partial charge in [-0.3, -0.25) is 5.32 Å². The maximum atomic E-state index is 12.1. The molecule has 1 amide bonds. The summed E-state index contributed by atoms with van der Waals surface area (Å²) in [5.41, 5.74) is 1.90. The van der Waals surface area contributed by atoms with E-state index in [9.17, 15) is 14.7 Å². The number of rotatable bonds is 5. The van der Waals surface area contributed by atoms with Gasteiger partial charge in [-0.2, -0.15) is 0 Å². The minimum Gasteiger partial charge on any atom is -0.478 e. The third kappa shape index (κ3) is 4.52. The van der Waals surface area contributed by atoms with Gasteiger partial charge in [0.05, 0.1) is 24.5 Å². The van der Waals surface area contributed by atoms with Gasteiger partial charge >= 0.3 is 12.1 Å². The molecule has 0 spiro atoms. The molecule has 136 valence electrons. The summed E-state index contributed by atoms with van der Waals surface area (Å²) < 4.78 is 10.5. The number of carboxylic acids is 1. The Balaban J connectivity index is 1.71. The van der Waals surface area contributed by atoms with E-state index in [0.717, 1.165) is 11.3 Å². The first-order valence-corrected chi connectivity index (χ1v) is 8.31. The molecule has 2 N–H and O–H groups in total. The number of ether oxygens (including phenoxy) is 2. The Morgan fingerprint density at radius 2 is 1.85 bits per heavy atom. The van der Waals surface area contributed by atoms with E-state index in [0.29, 0.717) is 26.3 Å². The van der Waals surface area contributed by atoms with E-state index >= 15 is 0 Å². The summed E-state index contributed by atoms with van der Waals surface area (Å²) in [4.78, 5) is 25.6. The second-order valence-corrected chi connectivity index (χ2v) is 5.82. The number of nitrogens with zero attached hydrogens (tertiary/aromatic N) is 1. The molecule has 1 saturated heterocycles. The lowest BCUT2D eigenvalue weighted by Gasteiger charge is -2.29. The van der Waals surface area contributed by atoms with Gasteiger partial charge in [0.15, 0.2) is 0 Å². The average molecular weight is 356 g/mol. The second kappa shape index (κ2) is 8.35. The van der Waals surface area contributed by atoms with Gasteiger partial charge in [0.2, 0.25) is 0 Å². The lowest BCUT2D eigenvalue weighted by Crippen LogP contribution is -2.36. The fourth-order valence-electron chi connectivity index (χ4n) is 2.71. The molecular formula is C19H20N2O5. The number of nitrogens with one attached hydrogen (secondary N) is 1. The minimum absolute atomic E-state index is 0.0127. The molecule has 1 aliphatic heterocycles. The first kappa shape index (κ1) is 17.8. The van der Waals surface area contributed by atoms with Crippen molar-refractivity contribution in [1.82, 2.24) is 0 Å². The minimum atomic E-state index is -1.11. The smallest absolute Gasteiger partial charge is 0.411 e. The largest absolute Gasteiger partial charge is 0.478 e. The number of carboxylic acid groups (broad SMARTS) is 1. The van der Waals surface area contributed by atoms with Gasteiger partial charge in [-0.25, -0.2) is 9.59 Å². The highest BCUT2D eigenvalue weighted by molar-refractivity contribution is 5.99. The summed E-state index contributed by atoms with van der Waals surface area (Å²) in [6.45, 7) is 2.76. The molecule has 0 aromatic heterocycles. The molecule has 0 bridgehead atoms. The van der Waals surface area contributed by atoms with Crippen molar-refractivity contribution in [2.75, 3.05) is 36.5 Å². The highest BCUT2D eigenvalue weighted by Crippen LogP contribution is 2.25. The molecule has 0 radical (unpaired) electrons. The van der Waals surface area contributed by atoms with Crippen LogP contribution in [0, 0.1) is 0 Å². The van der Waals surface area contributed by atoms with Gasteiger partial charge in [0.1, 0.15) is 6.61 Å². The van der Waals surface area contributed by atoms with Crippen molar-refractivity contribution in [2.24, 2.45) is 0 Å². The molecule has 1 fully saturated rings. The number of benzene rings is 2. The van der Waals surface area contributed by atoms with Gasteiger partial charge < -0.3 is 19.5 Å². The monoisotopic (exact) mass is 356 g/mol. The van der Waals surface area contributed by atoms with Crippen LogP contribution in [0.5, 0.6) is 0 Å². The Hall–Kier alpha value is -3.06. The van der Waals surface area contributed by atoms with E-state index in [4.69, 9.17) is 9.47 Å². The Kier molecular flexibility index (Phi) is 5.70. The lowest BCUT2D eigenvalue weighted by molar-refractivity contribution is 0.0698. The Morgan fingerprint density at radius 1 is 1.12 bits per heavy atom. The van der Waals surface area contributed by atoms with Crippen LogP contribution in [0.15, 0.2) is 48.5 Å². The second-order valence-electron chi connectivity index (χ2n) is 5.82. The van der Waals surface area contributed by atoms with E-state index in [1.807, 2.05) is 30.3 Å². The van der Waals surface area contributed by atoms with Crippen LogP contribution >= 0.6 is 0 Å². The summed E-state index contributed by atoms with van der Waals surface area (Å²) >= 11 is 0. The molecular weight excluding hydrogens is 336 g/mol. The molecule has 3 rings (SSSR count). The van der Waals surface area contributed by atoms with Crippen molar-refractivity contribution in [1.29, 1.82) is 0 Å². The van der Waals surface area contributed by atoms with Crippen LogP contribution in [0.4, 0.5) is 16.2 Å². The molecule has 0 unspecified atom stereocenters. The summed E-state index contributed by atoms with van der Waals surface area (Å²) in [6.07, 6.45) is -0.699. The van der Waals surface area contributed by atoms with Crippen molar-refractivity contribution in [2.45, 2.75) is 6.61 Å². The maximum absolute atomic E-state index is 12.1. The fraction of sp³-hybridized carbons (Fsp3) is 0.263. The van der Waals surface area contributed by atoms with Crippen molar-refractivity contribution in [3.05, 3.63) is 59.7 Å². The quantitative estimate of drug-likeness (QED) is 0.856. The summed E-state index contributed by atoms with van der Waals surface area (Å²) in [5.74, 6) is -1.11. The first-order chi connectivity index (χ1) is 12.6.